The van der Waals surface area contributed by atoms with Crippen molar-refractivity contribution in [2.45, 2.75) is 12.5 Å². The van der Waals surface area contributed by atoms with E-state index in [0.717, 1.165) is 6.42 Å². The summed E-state index contributed by atoms with van der Waals surface area (Å²) < 4.78 is 29.1. The average Bonchev–Trinajstić information content (AvgIpc) is 2.52. The Labute approximate surface area is 81.1 Å². The highest BCUT2D eigenvalue weighted by atomic mass is 79.9. The van der Waals surface area contributed by atoms with E-state index < -0.39 is 10.0 Å². The lowest BCUT2D eigenvalue weighted by molar-refractivity contribution is 0.115. The van der Waals surface area contributed by atoms with Gasteiger partial charge in [-0.05, 0) is 6.42 Å². The molecule has 0 amide bonds. The fraction of sp³-hybridized carbons (Fsp3) is 1.00. The molecule has 6 heteroatoms. The molecule has 1 atom stereocenters. The van der Waals surface area contributed by atoms with Crippen LogP contribution in [-0.2, 0) is 14.8 Å². The van der Waals surface area contributed by atoms with Gasteiger partial charge in [0.05, 0.1) is 6.10 Å². The highest BCUT2D eigenvalue weighted by molar-refractivity contribution is 9.10. The molecule has 72 valence electrons. The number of rotatable bonds is 3. The first-order chi connectivity index (χ1) is 5.60. The third-order valence-electron chi connectivity index (χ3n) is 1.97. The van der Waals surface area contributed by atoms with Crippen LogP contribution >= 0.6 is 15.9 Å². The molecule has 0 unspecified atom stereocenters. The Kier molecular flexibility index (Phi) is 3.51. The van der Waals surface area contributed by atoms with Gasteiger partial charge in [-0.25, -0.2) is 8.42 Å². The molecule has 0 spiro atoms. The minimum atomic E-state index is -3.07. The van der Waals surface area contributed by atoms with Crippen molar-refractivity contribution in [2.24, 2.45) is 0 Å². The van der Waals surface area contributed by atoms with Crippen LogP contribution in [0.25, 0.3) is 0 Å². The molecule has 0 aliphatic carbocycles. The van der Waals surface area contributed by atoms with Crippen molar-refractivity contribution in [1.82, 2.24) is 4.31 Å². The van der Waals surface area contributed by atoms with Crippen LogP contribution in [0.5, 0.6) is 0 Å². The van der Waals surface area contributed by atoms with E-state index in [9.17, 15) is 8.42 Å². The zero-order chi connectivity index (χ0) is 9.19. The molecular formula is C6H12BrNO3S. The van der Waals surface area contributed by atoms with Crippen LogP contribution in [-0.4, -0.2) is 43.7 Å². The Hall–Kier alpha value is 0.350. The predicted molar refractivity (Wildman–Crippen MR) is 49.7 cm³/mol. The number of nitrogens with zero attached hydrogens (tertiary/aromatic N) is 1. The van der Waals surface area contributed by atoms with Crippen LogP contribution in [0.4, 0.5) is 0 Å². The van der Waals surface area contributed by atoms with Gasteiger partial charge in [0.25, 0.3) is 0 Å². The number of alkyl halides is 1. The molecule has 1 rings (SSSR count). The Morgan fingerprint density at radius 1 is 1.67 bits per heavy atom. The molecule has 0 saturated carbocycles. The summed E-state index contributed by atoms with van der Waals surface area (Å²) in [6.07, 6.45) is 0.863. The Balaban J connectivity index is 2.58. The molecule has 1 heterocycles. The van der Waals surface area contributed by atoms with E-state index in [1.165, 1.54) is 4.31 Å². The van der Waals surface area contributed by atoms with E-state index in [1.54, 1.807) is 7.11 Å². The molecule has 1 saturated heterocycles. The van der Waals surface area contributed by atoms with Crippen molar-refractivity contribution in [2.75, 3.05) is 24.9 Å². The number of hydrogen-bond donors (Lipinski definition) is 0. The summed E-state index contributed by atoms with van der Waals surface area (Å²) in [7, 11) is -1.46. The number of sulfonamides is 1. The monoisotopic (exact) mass is 257 g/mol. The van der Waals surface area contributed by atoms with Crippen molar-refractivity contribution < 1.29 is 13.2 Å². The Morgan fingerprint density at radius 3 is 2.75 bits per heavy atom. The smallest absolute Gasteiger partial charge is 0.224 e. The van der Waals surface area contributed by atoms with Crippen LogP contribution in [0.3, 0.4) is 0 Å². The van der Waals surface area contributed by atoms with Crippen LogP contribution in [0, 0.1) is 0 Å². The van der Waals surface area contributed by atoms with Crippen molar-refractivity contribution in [3.8, 4) is 0 Å². The number of halogens is 1. The first-order valence-electron chi connectivity index (χ1n) is 3.66. The van der Waals surface area contributed by atoms with Gasteiger partial charge in [0.1, 0.15) is 4.66 Å². The van der Waals surface area contributed by atoms with Crippen LogP contribution < -0.4 is 0 Å². The van der Waals surface area contributed by atoms with Crippen LogP contribution in [0.1, 0.15) is 6.42 Å². The fourth-order valence-electron chi connectivity index (χ4n) is 1.21. The maximum absolute atomic E-state index is 11.3. The molecule has 12 heavy (non-hydrogen) atoms. The molecule has 1 fully saturated rings. The van der Waals surface area contributed by atoms with Gasteiger partial charge in [-0.3, -0.25) is 0 Å². The molecule has 0 aromatic carbocycles. The average molecular weight is 258 g/mol. The SMILES string of the molecule is CO[C@@H]1CCN(S(=O)(=O)CBr)C1. The summed E-state index contributed by atoms with van der Waals surface area (Å²) in [4.78, 5) is 0. The van der Waals surface area contributed by atoms with Crippen molar-refractivity contribution >= 4 is 26.0 Å². The second kappa shape index (κ2) is 4.04. The predicted octanol–water partition coefficient (Wildman–Crippen LogP) is 0.389. The first kappa shape index (κ1) is 10.4. The normalized spacial score (nSPS) is 26.3. The molecule has 0 aromatic heterocycles. The maximum Gasteiger partial charge on any atom is 0.224 e. The van der Waals surface area contributed by atoms with E-state index in [2.05, 4.69) is 15.9 Å². The Morgan fingerprint density at radius 2 is 2.33 bits per heavy atom. The van der Waals surface area contributed by atoms with Gasteiger partial charge >= 0.3 is 0 Å². The van der Waals surface area contributed by atoms with Gasteiger partial charge in [-0.15, -0.1) is 0 Å². The topological polar surface area (TPSA) is 46.6 Å². The lowest BCUT2D eigenvalue weighted by Crippen LogP contribution is -2.30. The summed E-state index contributed by atoms with van der Waals surface area (Å²) in [6.45, 7) is 1.07. The summed E-state index contributed by atoms with van der Waals surface area (Å²) in [6, 6.07) is 0. The van der Waals surface area contributed by atoms with Gasteiger partial charge in [0.2, 0.25) is 10.0 Å². The number of ether oxygens (including phenoxy) is 1. The van der Waals surface area contributed by atoms with Crippen LogP contribution in [0.2, 0.25) is 0 Å². The summed E-state index contributed by atoms with van der Waals surface area (Å²) in [5.74, 6) is 0. The molecule has 0 radical (unpaired) electrons. The van der Waals surface area contributed by atoms with Crippen molar-refractivity contribution in [1.29, 1.82) is 0 Å². The maximum atomic E-state index is 11.3. The zero-order valence-electron chi connectivity index (χ0n) is 6.86. The Bertz CT molecular complexity index is 241. The molecule has 4 nitrogen and oxygen atoms in total. The third kappa shape index (κ3) is 2.18. The lowest BCUT2D eigenvalue weighted by atomic mass is 10.3. The fourth-order valence-corrected chi connectivity index (χ4v) is 3.00. The van der Waals surface area contributed by atoms with E-state index >= 15 is 0 Å². The molecule has 0 bridgehead atoms. The van der Waals surface area contributed by atoms with Gasteiger partial charge in [0.15, 0.2) is 0 Å². The molecule has 0 N–H and O–H groups in total. The van der Waals surface area contributed by atoms with E-state index in [0.29, 0.717) is 13.1 Å². The van der Waals surface area contributed by atoms with Crippen LogP contribution in [0.15, 0.2) is 0 Å². The summed E-state index contributed by atoms with van der Waals surface area (Å²) in [5.41, 5.74) is 0. The number of hydrogen-bond acceptors (Lipinski definition) is 3. The van der Waals surface area contributed by atoms with Gasteiger partial charge < -0.3 is 4.74 Å². The second-order valence-electron chi connectivity index (χ2n) is 2.73. The zero-order valence-corrected chi connectivity index (χ0v) is 9.27. The van der Waals surface area contributed by atoms with E-state index in [4.69, 9.17) is 4.74 Å². The number of methoxy groups -OCH3 is 1. The van der Waals surface area contributed by atoms with Crippen molar-refractivity contribution in [3.05, 3.63) is 0 Å². The first-order valence-corrected chi connectivity index (χ1v) is 6.40. The summed E-state index contributed by atoms with van der Waals surface area (Å²) >= 11 is 2.95. The molecule has 1 aliphatic rings. The quantitative estimate of drug-likeness (QED) is 0.688. The highest BCUT2D eigenvalue weighted by Gasteiger charge is 2.30. The minimum absolute atomic E-state index is 0.00354. The van der Waals surface area contributed by atoms with Gasteiger partial charge in [-0.2, -0.15) is 4.31 Å². The van der Waals surface area contributed by atoms with Crippen molar-refractivity contribution in [3.63, 3.8) is 0 Å². The minimum Gasteiger partial charge on any atom is -0.380 e. The molecule has 1 aliphatic heterocycles. The molecular weight excluding hydrogens is 246 g/mol. The highest BCUT2D eigenvalue weighted by Crippen LogP contribution is 2.16. The standard InChI is InChI=1S/C6H12BrNO3S/c1-11-6-2-3-8(4-6)12(9,10)5-7/h6H,2-5H2,1H3/t6-/m1/s1. The molecule has 0 aromatic rings. The second-order valence-corrected chi connectivity index (χ2v) is 6.00. The summed E-state index contributed by atoms with van der Waals surface area (Å²) in [5, 5.41) is 0. The lowest BCUT2D eigenvalue weighted by Gasteiger charge is -2.13. The third-order valence-corrected chi connectivity index (χ3v) is 5.10. The van der Waals surface area contributed by atoms with E-state index in [-0.39, 0.29) is 10.8 Å². The van der Waals surface area contributed by atoms with E-state index in [1.807, 2.05) is 0 Å². The van der Waals surface area contributed by atoms with Gasteiger partial charge in [-0.1, -0.05) is 15.9 Å². The largest absolute Gasteiger partial charge is 0.380 e. The van der Waals surface area contributed by atoms with Gasteiger partial charge in [0, 0.05) is 20.2 Å².